The minimum Gasteiger partial charge on any atom is -0.303 e. The smallest absolute Gasteiger partial charge is 0.119 e. The van der Waals surface area contributed by atoms with Crippen LogP contribution in [-0.4, -0.2) is 44.0 Å². The van der Waals surface area contributed by atoms with E-state index in [1.54, 1.807) is 0 Å². The van der Waals surface area contributed by atoms with E-state index in [0.717, 1.165) is 19.1 Å². The number of unbranched alkanes of at least 4 members (excludes halogenated alkanes) is 7. The SMILES string of the molecule is CCCCCCCCCC=O.[Ca]. The summed E-state index contributed by atoms with van der Waals surface area (Å²) in [7, 11) is 0. The van der Waals surface area contributed by atoms with Crippen LogP contribution < -0.4 is 0 Å². The molecular formula is C10H20CaO. The predicted octanol–water partition coefficient (Wildman–Crippen LogP) is 2.95. The summed E-state index contributed by atoms with van der Waals surface area (Å²) in [6, 6.07) is 0. The Morgan fingerprint density at radius 1 is 0.917 bits per heavy atom. The fraction of sp³-hybridized carbons (Fsp3) is 0.900. The molecule has 0 amide bonds. The van der Waals surface area contributed by atoms with Crippen molar-refractivity contribution in [3.05, 3.63) is 0 Å². The van der Waals surface area contributed by atoms with E-state index in [4.69, 9.17) is 0 Å². The Morgan fingerprint density at radius 3 is 1.92 bits per heavy atom. The van der Waals surface area contributed by atoms with Gasteiger partial charge in [0.2, 0.25) is 0 Å². The maximum absolute atomic E-state index is 9.94. The number of hydrogen-bond acceptors (Lipinski definition) is 1. The molecule has 0 spiro atoms. The summed E-state index contributed by atoms with van der Waals surface area (Å²) in [5.74, 6) is 0. The van der Waals surface area contributed by atoms with Gasteiger partial charge in [0.1, 0.15) is 6.29 Å². The van der Waals surface area contributed by atoms with Gasteiger partial charge in [0.05, 0.1) is 0 Å². The third-order valence-electron chi connectivity index (χ3n) is 1.93. The molecule has 2 heteroatoms. The van der Waals surface area contributed by atoms with Gasteiger partial charge in [-0.25, -0.2) is 0 Å². The fourth-order valence-electron chi connectivity index (χ4n) is 1.18. The van der Waals surface area contributed by atoms with E-state index in [-0.39, 0.29) is 37.7 Å². The predicted molar refractivity (Wildman–Crippen MR) is 54.4 cm³/mol. The molecule has 0 saturated carbocycles. The largest absolute Gasteiger partial charge is 0.303 e. The molecule has 0 bridgehead atoms. The van der Waals surface area contributed by atoms with Crippen molar-refractivity contribution >= 4 is 44.0 Å². The van der Waals surface area contributed by atoms with Gasteiger partial charge in [0, 0.05) is 44.2 Å². The Bertz CT molecular complexity index is 83.9. The molecule has 0 heterocycles. The summed E-state index contributed by atoms with van der Waals surface area (Å²) >= 11 is 0. The third-order valence-corrected chi connectivity index (χ3v) is 1.93. The van der Waals surface area contributed by atoms with Crippen LogP contribution in [0.3, 0.4) is 0 Å². The molecule has 0 saturated heterocycles. The van der Waals surface area contributed by atoms with Gasteiger partial charge >= 0.3 is 0 Å². The molecule has 0 N–H and O–H groups in total. The first-order valence-electron chi connectivity index (χ1n) is 4.85. The standard InChI is InChI=1S/C10H20O.Ca/c1-2-3-4-5-6-7-8-9-10-11;/h10H,2-9H2,1H3;. The van der Waals surface area contributed by atoms with Crippen LogP contribution in [0.2, 0.25) is 0 Å². The van der Waals surface area contributed by atoms with Crippen LogP contribution in [0, 0.1) is 0 Å². The molecule has 0 atom stereocenters. The number of carbonyl (C=O) groups is 1. The molecular weight excluding hydrogens is 176 g/mol. The van der Waals surface area contributed by atoms with E-state index in [9.17, 15) is 4.79 Å². The average molecular weight is 196 g/mol. The maximum Gasteiger partial charge on any atom is 0.119 e. The second-order valence-corrected chi connectivity index (χ2v) is 3.08. The summed E-state index contributed by atoms with van der Waals surface area (Å²) in [5.41, 5.74) is 0. The van der Waals surface area contributed by atoms with E-state index >= 15 is 0 Å². The number of rotatable bonds is 8. The molecule has 0 rings (SSSR count). The minimum atomic E-state index is 0. The van der Waals surface area contributed by atoms with Crippen LogP contribution in [0.15, 0.2) is 0 Å². The molecule has 2 radical (unpaired) electrons. The van der Waals surface area contributed by atoms with Crippen molar-refractivity contribution < 1.29 is 4.79 Å². The molecule has 0 aromatic heterocycles. The van der Waals surface area contributed by atoms with E-state index in [0.29, 0.717) is 0 Å². The average Bonchev–Trinajstić information content (AvgIpc) is 2.03. The second-order valence-electron chi connectivity index (χ2n) is 3.08. The molecule has 1 nitrogen and oxygen atoms in total. The van der Waals surface area contributed by atoms with E-state index < -0.39 is 0 Å². The van der Waals surface area contributed by atoms with Crippen molar-refractivity contribution in [3.63, 3.8) is 0 Å². The summed E-state index contributed by atoms with van der Waals surface area (Å²) in [6.45, 7) is 2.23. The van der Waals surface area contributed by atoms with Crippen molar-refractivity contribution in [2.24, 2.45) is 0 Å². The van der Waals surface area contributed by atoms with Crippen LogP contribution >= 0.6 is 0 Å². The fourth-order valence-corrected chi connectivity index (χ4v) is 1.18. The van der Waals surface area contributed by atoms with Crippen LogP contribution in [0.25, 0.3) is 0 Å². The van der Waals surface area contributed by atoms with Gasteiger partial charge in [0.15, 0.2) is 0 Å². The molecule has 0 aliphatic heterocycles. The van der Waals surface area contributed by atoms with E-state index in [2.05, 4.69) is 6.92 Å². The molecule has 0 fully saturated rings. The Morgan fingerprint density at radius 2 is 1.42 bits per heavy atom. The van der Waals surface area contributed by atoms with Crippen molar-refractivity contribution in [1.29, 1.82) is 0 Å². The normalized spacial score (nSPS) is 9.08. The van der Waals surface area contributed by atoms with Crippen molar-refractivity contribution in [3.8, 4) is 0 Å². The zero-order valence-corrected chi connectivity index (χ0v) is 10.6. The second kappa shape index (κ2) is 14.5. The van der Waals surface area contributed by atoms with Crippen LogP contribution in [0.1, 0.15) is 58.3 Å². The molecule has 0 aliphatic rings. The molecule has 12 heavy (non-hydrogen) atoms. The first-order valence-corrected chi connectivity index (χ1v) is 4.85. The summed E-state index contributed by atoms with van der Waals surface area (Å²) in [6.07, 6.45) is 10.8. The molecule has 0 aromatic carbocycles. The Hall–Kier alpha value is 0.930. The summed E-state index contributed by atoms with van der Waals surface area (Å²) in [4.78, 5) is 9.94. The quantitative estimate of drug-likeness (QED) is 0.331. The molecule has 68 valence electrons. The topological polar surface area (TPSA) is 17.1 Å². The molecule has 0 unspecified atom stereocenters. The van der Waals surface area contributed by atoms with Gasteiger partial charge in [-0.05, 0) is 6.42 Å². The van der Waals surface area contributed by atoms with Crippen LogP contribution in [-0.2, 0) is 4.79 Å². The van der Waals surface area contributed by atoms with Gasteiger partial charge in [-0.1, -0.05) is 45.4 Å². The monoisotopic (exact) mass is 196 g/mol. The number of hydrogen-bond donors (Lipinski definition) is 0. The van der Waals surface area contributed by atoms with Crippen molar-refractivity contribution in [2.75, 3.05) is 0 Å². The van der Waals surface area contributed by atoms with Crippen LogP contribution in [0.5, 0.6) is 0 Å². The Balaban J connectivity index is 0. The van der Waals surface area contributed by atoms with E-state index in [1.807, 2.05) is 0 Å². The molecule has 0 aromatic rings. The number of carbonyl (C=O) groups excluding carboxylic acids is 1. The summed E-state index contributed by atoms with van der Waals surface area (Å²) < 4.78 is 0. The first kappa shape index (κ1) is 15.4. The zero-order valence-electron chi connectivity index (χ0n) is 8.35. The maximum atomic E-state index is 9.94. The van der Waals surface area contributed by atoms with E-state index in [1.165, 1.54) is 38.5 Å². The van der Waals surface area contributed by atoms with Gasteiger partial charge in [-0.3, -0.25) is 0 Å². The van der Waals surface area contributed by atoms with Gasteiger partial charge < -0.3 is 4.79 Å². The van der Waals surface area contributed by atoms with Gasteiger partial charge in [-0.15, -0.1) is 0 Å². The third kappa shape index (κ3) is 13.5. The van der Waals surface area contributed by atoms with Gasteiger partial charge in [-0.2, -0.15) is 0 Å². The Kier molecular flexibility index (Phi) is 18.6. The zero-order chi connectivity index (χ0) is 8.36. The summed E-state index contributed by atoms with van der Waals surface area (Å²) in [5, 5.41) is 0. The first-order chi connectivity index (χ1) is 5.41. The van der Waals surface area contributed by atoms with Crippen molar-refractivity contribution in [2.45, 2.75) is 58.3 Å². The van der Waals surface area contributed by atoms with Crippen molar-refractivity contribution in [1.82, 2.24) is 0 Å². The molecule has 0 aliphatic carbocycles. The van der Waals surface area contributed by atoms with Crippen LogP contribution in [0.4, 0.5) is 0 Å². The number of aldehydes is 1. The van der Waals surface area contributed by atoms with Gasteiger partial charge in [0.25, 0.3) is 0 Å². The minimum absolute atomic E-state index is 0. The Labute approximate surface area is 106 Å².